The smallest absolute Gasteiger partial charge is 0.0338 e. The third-order valence-electron chi connectivity index (χ3n) is 4.50. The van der Waals surface area contributed by atoms with E-state index >= 15 is 0 Å². The summed E-state index contributed by atoms with van der Waals surface area (Å²) in [4.78, 5) is 4.97. The van der Waals surface area contributed by atoms with Crippen LogP contribution >= 0.6 is 0 Å². The minimum Gasteiger partial charge on any atom is -0.310 e. The van der Waals surface area contributed by atoms with Crippen LogP contribution in [-0.4, -0.2) is 56.1 Å². The molecule has 0 bridgehead atoms. The van der Waals surface area contributed by atoms with Gasteiger partial charge < -0.3 is 15.1 Å². The van der Waals surface area contributed by atoms with Gasteiger partial charge in [-0.05, 0) is 45.1 Å². The summed E-state index contributed by atoms with van der Waals surface area (Å²) in [6.45, 7) is 8.96. The van der Waals surface area contributed by atoms with Gasteiger partial charge in [-0.2, -0.15) is 0 Å². The van der Waals surface area contributed by atoms with Crippen LogP contribution in [0.3, 0.4) is 0 Å². The van der Waals surface area contributed by atoms with Crippen molar-refractivity contribution in [2.24, 2.45) is 0 Å². The van der Waals surface area contributed by atoms with Crippen LogP contribution in [-0.2, 0) is 0 Å². The first-order valence-corrected chi connectivity index (χ1v) is 7.79. The number of likely N-dealkylation sites (N-methyl/N-ethyl adjacent to an activating group) is 2. The lowest BCUT2D eigenvalue weighted by Crippen LogP contribution is -2.51. The number of nitrogens with one attached hydrogen (secondary N) is 1. The van der Waals surface area contributed by atoms with E-state index in [-0.39, 0.29) is 0 Å². The molecule has 0 spiro atoms. The first-order valence-electron chi connectivity index (χ1n) is 7.79. The van der Waals surface area contributed by atoms with Gasteiger partial charge in [0.25, 0.3) is 0 Å². The number of hydrogen-bond donors (Lipinski definition) is 1. The average molecular weight is 275 g/mol. The minimum atomic E-state index is 0.458. The van der Waals surface area contributed by atoms with Crippen LogP contribution in [0.25, 0.3) is 0 Å². The fourth-order valence-corrected chi connectivity index (χ4v) is 3.17. The van der Waals surface area contributed by atoms with Crippen molar-refractivity contribution < 1.29 is 0 Å². The molecule has 1 aliphatic heterocycles. The standard InChI is InChI=1S/C17H29N3/c1-5-18-17(16-9-7-6-8-14(16)2)12-15-13-19(3)10-11-20(15)4/h6-9,15,17-18H,5,10-13H2,1-4H3. The molecule has 2 rings (SSSR count). The second kappa shape index (κ2) is 7.21. The van der Waals surface area contributed by atoms with Crippen molar-refractivity contribution in [1.82, 2.24) is 15.1 Å². The highest BCUT2D eigenvalue weighted by molar-refractivity contribution is 5.29. The van der Waals surface area contributed by atoms with E-state index in [0.717, 1.165) is 6.54 Å². The van der Waals surface area contributed by atoms with Crippen molar-refractivity contribution in [2.75, 3.05) is 40.3 Å². The second-order valence-corrected chi connectivity index (χ2v) is 6.10. The molecule has 0 saturated carbocycles. The lowest BCUT2D eigenvalue weighted by atomic mass is 9.94. The zero-order valence-electron chi connectivity index (χ0n) is 13.4. The predicted octanol–water partition coefficient (Wildman–Crippen LogP) is 2.28. The number of aryl methyl sites for hydroxylation is 1. The molecular formula is C17H29N3. The van der Waals surface area contributed by atoms with E-state index in [2.05, 4.69) is 67.3 Å². The van der Waals surface area contributed by atoms with E-state index in [4.69, 9.17) is 0 Å². The van der Waals surface area contributed by atoms with E-state index in [1.807, 2.05) is 0 Å². The van der Waals surface area contributed by atoms with Gasteiger partial charge in [0, 0.05) is 31.7 Å². The number of rotatable bonds is 5. The Hall–Kier alpha value is -0.900. The maximum atomic E-state index is 3.68. The maximum absolute atomic E-state index is 3.68. The van der Waals surface area contributed by atoms with Gasteiger partial charge >= 0.3 is 0 Å². The molecule has 2 unspecified atom stereocenters. The van der Waals surface area contributed by atoms with Crippen LogP contribution in [0, 0.1) is 6.92 Å². The highest BCUT2D eigenvalue weighted by atomic mass is 15.3. The van der Waals surface area contributed by atoms with Gasteiger partial charge in [0.05, 0.1) is 0 Å². The Morgan fingerprint density at radius 2 is 2.00 bits per heavy atom. The lowest BCUT2D eigenvalue weighted by molar-refractivity contribution is 0.101. The van der Waals surface area contributed by atoms with Gasteiger partial charge in [0.1, 0.15) is 0 Å². The first-order chi connectivity index (χ1) is 9.61. The number of benzene rings is 1. The molecule has 3 nitrogen and oxygen atoms in total. The van der Waals surface area contributed by atoms with E-state index in [1.165, 1.54) is 37.2 Å². The molecule has 20 heavy (non-hydrogen) atoms. The molecule has 112 valence electrons. The molecule has 1 aromatic rings. The highest BCUT2D eigenvalue weighted by Gasteiger charge is 2.26. The minimum absolute atomic E-state index is 0.458. The summed E-state index contributed by atoms with van der Waals surface area (Å²) in [6.07, 6.45) is 1.18. The molecule has 2 atom stereocenters. The van der Waals surface area contributed by atoms with Crippen LogP contribution < -0.4 is 5.32 Å². The van der Waals surface area contributed by atoms with Crippen molar-refractivity contribution in [2.45, 2.75) is 32.4 Å². The van der Waals surface area contributed by atoms with Gasteiger partial charge in [0.2, 0.25) is 0 Å². The average Bonchev–Trinajstić information content (AvgIpc) is 2.43. The Morgan fingerprint density at radius 1 is 1.25 bits per heavy atom. The van der Waals surface area contributed by atoms with E-state index in [0.29, 0.717) is 12.1 Å². The van der Waals surface area contributed by atoms with Crippen LogP contribution in [0.5, 0.6) is 0 Å². The fourth-order valence-electron chi connectivity index (χ4n) is 3.17. The number of hydrogen-bond acceptors (Lipinski definition) is 3. The number of nitrogens with zero attached hydrogens (tertiary/aromatic N) is 2. The van der Waals surface area contributed by atoms with Gasteiger partial charge in [-0.15, -0.1) is 0 Å². The third kappa shape index (κ3) is 3.81. The van der Waals surface area contributed by atoms with Crippen LogP contribution in [0.15, 0.2) is 24.3 Å². The van der Waals surface area contributed by atoms with E-state index in [9.17, 15) is 0 Å². The summed E-state index contributed by atoms with van der Waals surface area (Å²) < 4.78 is 0. The topological polar surface area (TPSA) is 18.5 Å². The monoisotopic (exact) mass is 275 g/mol. The molecule has 1 saturated heterocycles. The van der Waals surface area contributed by atoms with Crippen LogP contribution in [0.1, 0.15) is 30.5 Å². The summed E-state index contributed by atoms with van der Waals surface area (Å²) in [5.41, 5.74) is 2.85. The van der Waals surface area contributed by atoms with Crippen molar-refractivity contribution >= 4 is 0 Å². The summed E-state index contributed by atoms with van der Waals surface area (Å²) in [5, 5.41) is 3.68. The van der Waals surface area contributed by atoms with Crippen LogP contribution in [0.2, 0.25) is 0 Å². The molecule has 1 heterocycles. The largest absolute Gasteiger partial charge is 0.310 e. The molecule has 0 amide bonds. The Kier molecular flexibility index (Phi) is 5.58. The quantitative estimate of drug-likeness (QED) is 0.889. The molecule has 0 radical (unpaired) electrons. The van der Waals surface area contributed by atoms with Crippen LogP contribution in [0.4, 0.5) is 0 Å². The van der Waals surface area contributed by atoms with Crippen molar-refractivity contribution in [1.29, 1.82) is 0 Å². The molecule has 1 aliphatic rings. The Balaban J connectivity index is 2.11. The van der Waals surface area contributed by atoms with Gasteiger partial charge in [-0.3, -0.25) is 0 Å². The normalized spacial score (nSPS) is 22.9. The summed E-state index contributed by atoms with van der Waals surface area (Å²) in [5.74, 6) is 0. The Morgan fingerprint density at radius 3 is 2.70 bits per heavy atom. The second-order valence-electron chi connectivity index (χ2n) is 6.10. The highest BCUT2D eigenvalue weighted by Crippen LogP contribution is 2.24. The summed E-state index contributed by atoms with van der Waals surface area (Å²) >= 11 is 0. The molecular weight excluding hydrogens is 246 g/mol. The zero-order valence-corrected chi connectivity index (χ0v) is 13.4. The Bertz CT molecular complexity index is 418. The summed E-state index contributed by atoms with van der Waals surface area (Å²) in [7, 11) is 4.49. The van der Waals surface area contributed by atoms with Crippen molar-refractivity contribution in [3.63, 3.8) is 0 Å². The molecule has 0 aromatic heterocycles. The third-order valence-corrected chi connectivity index (χ3v) is 4.50. The van der Waals surface area contributed by atoms with Gasteiger partial charge in [-0.25, -0.2) is 0 Å². The Labute approximate surface area is 124 Å². The fraction of sp³-hybridized carbons (Fsp3) is 0.647. The molecule has 1 fully saturated rings. The lowest BCUT2D eigenvalue weighted by Gasteiger charge is -2.39. The molecule has 0 aliphatic carbocycles. The summed E-state index contributed by atoms with van der Waals surface area (Å²) in [6, 6.07) is 9.87. The predicted molar refractivity (Wildman–Crippen MR) is 86.1 cm³/mol. The first kappa shape index (κ1) is 15.5. The molecule has 3 heteroatoms. The molecule has 1 aromatic carbocycles. The van der Waals surface area contributed by atoms with E-state index < -0.39 is 0 Å². The van der Waals surface area contributed by atoms with Crippen molar-refractivity contribution in [3.05, 3.63) is 35.4 Å². The zero-order chi connectivity index (χ0) is 14.5. The SMILES string of the molecule is CCNC(CC1CN(C)CCN1C)c1ccccc1C. The van der Waals surface area contributed by atoms with E-state index in [1.54, 1.807) is 0 Å². The van der Waals surface area contributed by atoms with Gasteiger partial charge in [0.15, 0.2) is 0 Å². The molecule has 1 N–H and O–H groups in total. The number of piperazine rings is 1. The van der Waals surface area contributed by atoms with Gasteiger partial charge in [-0.1, -0.05) is 31.2 Å². The van der Waals surface area contributed by atoms with Crippen molar-refractivity contribution in [3.8, 4) is 0 Å². The maximum Gasteiger partial charge on any atom is 0.0338 e.